The normalized spacial score (nSPS) is 14.2. The van der Waals surface area contributed by atoms with E-state index in [4.69, 9.17) is 14.7 Å². The van der Waals surface area contributed by atoms with Gasteiger partial charge in [-0.3, -0.25) is 0 Å². The Labute approximate surface area is 211 Å². The van der Waals surface area contributed by atoms with Crippen molar-refractivity contribution in [2.75, 3.05) is 24.5 Å². The molecule has 1 aliphatic rings. The summed E-state index contributed by atoms with van der Waals surface area (Å²) in [5.41, 5.74) is 3.26. The molecule has 1 fully saturated rings. The van der Waals surface area contributed by atoms with Crippen molar-refractivity contribution in [3.63, 3.8) is 0 Å². The van der Waals surface area contributed by atoms with E-state index in [-0.39, 0.29) is 0 Å². The molecule has 1 aliphatic heterocycles. The van der Waals surface area contributed by atoms with Gasteiger partial charge in [-0.1, -0.05) is 65.8 Å². The SMILES string of the molecule is CC(CCN1CCCC1)N(Cc1ccccc1)c1cc(-c2ccccc2)no1.O=C(O)/C=C/C(=O)O. The third-order valence-corrected chi connectivity index (χ3v) is 6.01. The van der Waals surface area contributed by atoms with E-state index in [0.717, 1.165) is 36.7 Å². The van der Waals surface area contributed by atoms with E-state index in [2.05, 4.69) is 70.4 Å². The maximum Gasteiger partial charge on any atom is 0.328 e. The number of benzene rings is 2. The molecule has 2 N–H and O–H groups in total. The molecule has 3 aromatic rings. The van der Waals surface area contributed by atoms with Crippen LogP contribution in [0.4, 0.5) is 5.88 Å². The maximum atomic E-state index is 9.55. The summed E-state index contributed by atoms with van der Waals surface area (Å²) in [6.07, 6.45) is 4.91. The number of nitrogens with zero attached hydrogens (tertiary/aromatic N) is 3. The summed E-state index contributed by atoms with van der Waals surface area (Å²) in [6, 6.07) is 23.3. The van der Waals surface area contributed by atoms with Crippen LogP contribution in [0.3, 0.4) is 0 Å². The fraction of sp³-hybridized carbons (Fsp3) is 0.321. The lowest BCUT2D eigenvalue weighted by Crippen LogP contribution is -2.35. The molecule has 2 heterocycles. The zero-order valence-corrected chi connectivity index (χ0v) is 20.5. The van der Waals surface area contributed by atoms with Crippen molar-refractivity contribution >= 4 is 17.8 Å². The Morgan fingerprint density at radius 1 is 1.00 bits per heavy atom. The number of hydrogen-bond acceptors (Lipinski definition) is 6. The minimum Gasteiger partial charge on any atom is -0.478 e. The first-order valence-corrected chi connectivity index (χ1v) is 12.1. The van der Waals surface area contributed by atoms with Crippen LogP contribution in [0.1, 0.15) is 31.7 Å². The van der Waals surface area contributed by atoms with Gasteiger partial charge in [-0.05, 0) is 44.8 Å². The van der Waals surface area contributed by atoms with Crippen molar-refractivity contribution in [3.8, 4) is 11.3 Å². The second kappa shape index (κ2) is 13.8. The molecule has 2 aromatic carbocycles. The number of aliphatic carboxylic acids is 2. The van der Waals surface area contributed by atoms with E-state index in [0.29, 0.717) is 18.2 Å². The van der Waals surface area contributed by atoms with Crippen molar-refractivity contribution in [2.45, 2.75) is 38.8 Å². The number of aromatic nitrogens is 1. The number of anilines is 1. The summed E-state index contributed by atoms with van der Waals surface area (Å²) in [5, 5.41) is 20.0. The van der Waals surface area contributed by atoms with Gasteiger partial charge in [0, 0.05) is 42.9 Å². The van der Waals surface area contributed by atoms with Crippen LogP contribution in [0.2, 0.25) is 0 Å². The maximum absolute atomic E-state index is 9.55. The van der Waals surface area contributed by atoms with E-state index in [1.807, 2.05) is 18.2 Å². The lowest BCUT2D eigenvalue weighted by atomic mass is 10.1. The first kappa shape index (κ1) is 26.7. The van der Waals surface area contributed by atoms with E-state index < -0.39 is 11.9 Å². The Kier molecular flexibility index (Phi) is 10.3. The molecule has 1 atom stereocenters. The first-order valence-electron chi connectivity index (χ1n) is 12.1. The lowest BCUT2D eigenvalue weighted by Gasteiger charge is -2.30. The third-order valence-electron chi connectivity index (χ3n) is 6.01. The number of carboxylic acid groups (broad SMARTS) is 2. The second-order valence-electron chi connectivity index (χ2n) is 8.73. The van der Waals surface area contributed by atoms with Crippen LogP contribution in [-0.4, -0.2) is 57.9 Å². The number of carbonyl (C=O) groups is 2. The number of likely N-dealkylation sites (tertiary alicyclic amines) is 1. The molecule has 1 unspecified atom stereocenters. The van der Waals surface area contributed by atoms with Crippen molar-refractivity contribution in [3.05, 3.63) is 84.4 Å². The van der Waals surface area contributed by atoms with Gasteiger partial charge < -0.3 is 24.5 Å². The summed E-state index contributed by atoms with van der Waals surface area (Å²) < 4.78 is 5.81. The van der Waals surface area contributed by atoms with E-state index in [9.17, 15) is 9.59 Å². The molecule has 8 heteroatoms. The van der Waals surface area contributed by atoms with Gasteiger partial charge in [0.15, 0.2) is 0 Å². The molecule has 4 rings (SSSR count). The van der Waals surface area contributed by atoms with Gasteiger partial charge in [-0.25, -0.2) is 9.59 Å². The second-order valence-corrected chi connectivity index (χ2v) is 8.73. The summed E-state index contributed by atoms with van der Waals surface area (Å²) in [4.78, 5) is 24.0. The van der Waals surface area contributed by atoms with E-state index in [1.54, 1.807) is 0 Å². The molecule has 1 saturated heterocycles. The first-order chi connectivity index (χ1) is 17.4. The average molecular weight is 492 g/mol. The van der Waals surface area contributed by atoms with Gasteiger partial charge in [-0.2, -0.15) is 0 Å². The van der Waals surface area contributed by atoms with Gasteiger partial charge in [-0.15, -0.1) is 0 Å². The van der Waals surface area contributed by atoms with Crippen molar-refractivity contribution in [1.29, 1.82) is 0 Å². The highest BCUT2D eigenvalue weighted by atomic mass is 16.5. The molecule has 1 aromatic heterocycles. The molecule has 0 amide bonds. The van der Waals surface area contributed by atoms with Crippen molar-refractivity contribution in [2.24, 2.45) is 0 Å². The molecule has 36 heavy (non-hydrogen) atoms. The highest BCUT2D eigenvalue weighted by Gasteiger charge is 2.21. The van der Waals surface area contributed by atoms with Gasteiger partial charge >= 0.3 is 11.9 Å². The molecule has 190 valence electrons. The molecule has 0 aliphatic carbocycles. The lowest BCUT2D eigenvalue weighted by molar-refractivity contribution is -0.134. The largest absolute Gasteiger partial charge is 0.478 e. The molecule has 0 radical (unpaired) electrons. The topological polar surface area (TPSA) is 107 Å². The summed E-state index contributed by atoms with van der Waals surface area (Å²) >= 11 is 0. The number of rotatable bonds is 10. The molecular weight excluding hydrogens is 458 g/mol. The zero-order valence-electron chi connectivity index (χ0n) is 20.5. The van der Waals surface area contributed by atoms with Gasteiger partial charge in [0.2, 0.25) is 5.88 Å². The number of carboxylic acids is 2. The average Bonchev–Trinajstić information content (AvgIpc) is 3.59. The van der Waals surface area contributed by atoms with Gasteiger partial charge in [0.05, 0.1) is 0 Å². The quantitative estimate of drug-likeness (QED) is 0.384. The van der Waals surface area contributed by atoms with Crippen LogP contribution in [0, 0.1) is 0 Å². The Morgan fingerprint density at radius 2 is 1.58 bits per heavy atom. The Morgan fingerprint density at radius 3 is 2.17 bits per heavy atom. The van der Waals surface area contributed by atoms with Gasteiger partial charge in [0.1, 0.15) is 5.69 Å². The van der Waals surface area contributed by atoms with Crippen LogP contribution >= 0.6 is 0 Å². The summed E-state index contributed by atoms with van der Waals surface area (Å²) in [6.45, 7) is 6.75. The van der Waals surface area contributed by atoms with Crippen LogP contribution in [0.15, 0.2) is 83.4 Å². The number of hydrogen-bond donors (Lipinski definition) is 2. The van der Waals surface area contributed by atoms with Crippen molar-refractivity contribution < 1.29 is 24.3 Å². The fourth-order valence-electron chi connectivity index (χ4n) is 4.05. The summed E-state index contributed by atoms with van der Waals surface area (Å²) in [7, 11) is 0. The zero-order chi connectivity index (χ0) is 25.8. The highest BCUT2D eigenvalue weighted by molar-refractivity contribution is 5.89. The van der Waals surface area contributed by atoms with Crippen LogP contribution in [-0.2, 0) is 16.1 Å². The van der Waals surface area contributed by atoms with Crippen LogP contribution in [0.25, 0.3) is 11.3 Å². The predicted molar refractivity (Wildman–Crippen MR) is 139 cm³/mol. The molecule has 0 bridgehead atoms. The smallest absolute Gasteiger partial charge is 0.328 e. The van der Waals surface area contributed by atoms with Crippen LogP contribution < -0.4 is 4.90 Å². The standard InChI is InChI=1S/C24H29N3O.C4H4O4/c1-20(14-17-26-15-8-9-16-26)27(19-21-10-4-2-5-11-21)24-18-23(25-28-24)22-12-6-3-7-13-22;5-3(6)1-2-4(7)8/h2-7,10-13,18,20H,8-9,14-17,19H2,1H3;1-2H,(H,5,6)(H,7,8)/b;2-1+. The predicted octanol–water partition coefficient (Wildman–Crippen LogP) is 4.93. The molecule has 0 spiro atoms. The van der Waals surface area contributed by atoms with E-state index >= 15 is 0 Å². The highest BCUT2D eigenvalue weighted by Crippen LogP contribution is 2.27. The minimum absolute atomic E-state index is 0.373. The minimum atomic E-state index is -1.26. The fourth-order valence-corrected chi connectivity index (χ4v) is 4.05. The third kappa shape index (κ3) is 8.70. The molecular formula is C28H33N3O5. The Balaban J connectivity index is 0.000000392. The van der Waals surface area contributed by atoms with Crippen LogP contribution in [0.5, 0.6) is 0 Å². The Bertz CT molecular complexity index is 1090. The molecule has 0 saturated carbocycles. The molecule has 8 nitrogen and oxygen atoms in total. The Hall–Kier alpha value is -3.91. The summed E-state index contributed by atoms with van der Waals surface area (Å²) in [5.74, 6) is -1.67. The van der Waals surface area contributed by atoms with Gasteiger partial charge in [0.25, 0.3) is 0 Å². The van der Waals surface area contributed by atoms with E-state index in [1.165, 1.54) is 31.5 Å². The monoisotopic (exact) mass is 491 g/mol. The van der Waals surface area contributed by atoms with Crippen molar-refractivity contribution in [1.82, 2.24) is 10.1 Å².